The molecule has 1 aliphatic rings. The second-order valence-corrected chi connectivity index (χ2v) is 3.63. The summed E-state index contributed by atoms with van der Waals surface area (Å²) in [7, 11) is 0. The van der Waals surface area contributed by atoms with Gasteiger partial charge in [0.1, 0.15) is 6.04 Å². The molecular weight excluding hydrogens is 168 g/mol. The Hall–Kier alpha value is -0.610. The quantitative estimate of drug-likeness (QED) is 0.607. The molecule has 0 aromatic heterocycles. The Bertz CT molecular complexity index is 184. The van der Waals surface area contributed by atoms with Gasteiger partial charge in [-0.15, -0.1) is 0 Å². The molecule has 0 aromatic carbocycles. The number of carbonyl (C=O) groups excluding carboxylic acids is 1. The monoisotopic (exact) mass is 186 g/mol. The number of amides is 1. The van der Waals surface area contributed by atoms with Gasteiger partial charge in [-0.25, -0.2) is 0 Å². The van der Waals surface area contributed by atoms with Gasteiger partial charge in [-0.05, 0) is 12.8 Å². The van der Waals surface area contributed by atoms with Crippen molar-refractivity contribution in [2.24, 2.45) is 5.92 Å². The van der Waals surface area contributed by atoms with E-state index in [-0.39, 0.29) is 12.5 Å². The molecule has 1 amide bonds. The van der Waals surface area contributed by atoms with Crippen molar-refractivity contribution < 1.29 is 9.90 Å². The van der Waals surface area contributed by atoms with Gasteiger partial charge in [0.15, 0.2) is 0 Å². The standard InChI is InChI=1S/C9H18N2O2/c1-3-11-5-7(2)4-10-8(6-12)9(11)13/h7-8,10,12H,3-6H2,1-2H3. The summed E-state index contributed by atoms with van der Waals surface area (Å²) in [6.07, 6.45) is 0. The Morgan fingerprint density at radius 3 is 2.92 bits per heavy atom. The first-order valence-corrected chi connectivity index (χ1v) is 4.82. The van der Waals surface area contributed by atoms with Crippen molar-refractivity contribution in [3.8, 4) is 0 Å². The molecule has 2 N–H and O–H groups in total. The minimum absolute atomic E-state index is 0.0225. The van der Waals surface area contributed by atoms with Gasteiger partial charge in [0.05, 0.1) is 6.61 Å². The fourth-order valence-electron chi connectivity index (χ4n) is 1.61. The van der Waals surface area contributed by atoms with Gasteiger partial charge in [-0.2, -0.15) is 0 Å². The predicted octanol–water partition coefficient (Wildman–Crippen LogP) is -0.565. The van der Waals surface area contributed by atoms with Crippen LogP contribution in [0.2, 0.25) is 0 Å². The van der Waals surface area contributed by atoms with Crippen LogP contribution in [0.25, 0.3) is 0 Å². The summed E-state index contributed by atoms with van der Waals surface area (Å²) in [5, 5.41) is 12.0. The average molecular weight is 186 g/mol. The third kappa shape index (κ3) is 2.42. The zero-order valence-corrected chi connectivity index (χ0v) is 8.29. The Kier molecular flexibility index (Phi) is 3.69. The van der Waals surface area contributed by atoms with Gasteiger partial charge in [-0.3, -0.25) is 4.79 Å². The summed E-state index contributed by atoms with van der Waals surface area (Å²) in [6.45, 7) is 6.27. The van der Waals surface area contributed by atoms with E-state index < -0.39 is 6.04 Å². The van der Waals surface area contributed by atoms with Crippen LogP contribution in [0.1, 0.15) is 13.8 Å². The first kappa shape index (κ1) is 10.5. The lowest BCUT2D eigenvalue weighted by atomic mass is 10.2. The van der Waals surface area contributed by atoms with Crippen LogP contribution < -0.4 is 5.32 Å². The maximum atomic E-state index is 11.7. The first-order valence-electron chi connectivity index (χ1n) is 4.82. The molecule has 4 nitrogen and oxygen atoms in total. The first-order chi connectivity index (χ1) is 6.19. The molecule has 1 rings (SSSR count). The van der Waals surface area contributed by atoms with Crippen molar-refractivity contribution >= 4 is 5.91 Å². The number of rotatable bonds is 2. The fourth-order valence-corrected chi connectivity index (χ4v) is 1.61. The van der Waals surface area contributed by atoms with Gasteiger partial charge < -0.3 is 15.3 Å². The lowest BCUT2D eigenvalue weighted by Crippen LogP contribution is -2.45. The topological polar surface area (TPSA) is 52.6 Å². The van der Waals surface area contributed by atoms with E-state index in [1.165, 1.54) is 0 Å². The highest BCUT2D eigenvalue weighted by atomic mass is 16.3. The summed E-state index contributed by atoms with van der Waals surface area (Å²) in [5.74, 6) is 0.481. The van der Waals surface area contributed by atoms with Gasteiger partial charge in [-0.1, -0.05) is 6.92 Å². The van der Waals surface area contributed by atoms with E-state index in [4.69, 9.17) is 5.11 Å². The number of hydrogen-bond acceptors (Lipinski definition) is 3. The van der Waals surface area contributed by atoms with Gasteiger partial charge in [0.2, 0.25) is 5.91 Å². The van der Waals surface area contributed by atoms with E-state index in [9.17, 15) is 4.79 Å². The highest BCUT2D eigenvalue weighted by Crippen LogP contribution is 2.06. The Balaban J connectivity index is 2.67. The minimum atomic E-state index is -0.398. The van der Waals surface area contributed by atoms with Gasteiger partial charge in [0, 0.05) is 19.6 Å². The van der Waals surface area contributed by atoms with E-state index in [1.807, 2.05) is 6.92 Å². The van der Waals surface area contributed by atoms with Crippen molar-refractivity contribution in [1.29, 1.82) is 0 Å². The second kappa shape index (κ2) is 4.58. The van der Waals surface area contributed by atoms with Crippen molar-refractivity contribution in [2.45, 2.75) is 19.9 Å². The van der Waals surface area contributed by atoms with E-state index in [2.05, 4.69) is 12.2 Å². The van der Waals surface area contributed by atoms with Gasteiger partial charge >= 0.3 is 0 Å². The molecule has 13 heavy (non-hydrogen) atoms. The largest absolute Gasteiger partial charge is 0.394 e. The smallest absolute Gasteiger partial charge is 0.242 e. The average Bonchev–Trinajstić information content (AvgIpc) is 2.26. The van der Waals surface area contributed by atoms with Crippen molar-refractivity contribution in [1.82, 2.24) is 10.2 Å². The molecule has 0 aromatic rings. The maximum absolute atomic E-state index is 11.7. The SMILES string of the molecule is CCN1CC(C)CNC(CO)C1=O. The zero-order valence-electron chi connectivity index (χ0n) is 8.29. The lowest BCUT2D eigenvalue weighted by Gasteiger charge is -2.22. The molecule has 76 valence electrons. The molecule has 4 heteroatoms. The fraction of sp³-hybridized carbons (Fsp3) is 0.889. The maximum Gasteiger partial charge on any atom is 0.242 e. The zero-order chi connectivity index (χ0) is 9.84. The molecular formula is C9H18N2O2. The highest BCUT2D eigenvalue weighted by molar-refractivity contribution is 5.82. The van der Waals surface area contributed by atoms with Crippen LogP contribution >= 0.6 is 0 Å². The highest BCUT2D eigenvalue weighted by Gasteiger charge is 2.27. The number of hydrogen-bond donors (Lipinski definition) is 2. The predicted molar refractivity (Wildman–Crippen MR) is 50.3 cm³/mol. The van der Waals surface area contributed by atoms with Crippen LogP contribution in [0.3, 0.4) is 0 Å². The Morgan fingerprint density at radius 1 is 1.69 bits per heavy atom. The third-order valence-corrected chi connectivity index (χ3v) is 2.42. The number of aliphatic hydroxyl groups excluding tert-OH is 1. The third-order valence-electron chi connectivity index (χ3n) is 2.42. The number of likely N-dealkylation sites (N-methyl/N-ethyl adjacent to an activating group) is 1. The van der Waals surface area contributed by atoms with Crippen LogP contribution in [0.4, 0.5) is 0 Å². The van der Waals surface area contributed by atoms with Crippen molar-refractivity contribution in [3.05, 3.63) is 0 Å². The summed E-state index contributed by atoms with van der Waals surface area (Å²) in [5.41, 5.74) is 0. The molecule has 1 heterocycles. The van der Waals surface area contributed by atoms with E-state index >= 15 is 0 Å². The summed E-state index contributed by atoms with van der Waals surface area (Å²) < 4.78 is 0. The molecule has 0 bridgehead atoms. The molecule has 0 saturated carbocycles. The van der Waals surface area contributed by atoms with Gasteiger partial charge in [0.25, 0.3) is 0 Å². The number of nitrogens with zero attached hydrogens (tertiary/aromatic N) is 1. The van der Waals surface area contributed by atoms with E-state index in [0.717, 1.165) is 19.6 Å². The Labute approximate surface area is 78.9 Å². The van der Waals surface area contributed by atoms with Crippen LogP contribution in [-0.4, -0.2) is 48.2 Å². The van der Waals surface area contributed by atoms with Crippen molar-refractivity contribution in [3.63, 3.8) is 0 Å². The molecule has 0 spiro atoms. The molecule has 1 aliphatic heterocycles. The minimum Gasteiger partial charge on any atom is -0.394 e. The lowest BCUT2D eigenvalue weighted by molar-refractivity contribution is -0.133. The normalized spacial score (nSPS) is 30.4. The number of nitrogens with one attached hydrogen (secondary N) is 1. The summed E-state index contributed by atoms with van der Waals surface area (Å²) in [4.78, 5) is 13.5. The van der Waals surface area contributed by atoms with Crippen LogP contribution in [0, 0.1) is 5.92 Å². The van der Waals surface area contributed by atoms with Crippen LogP contribution in [-0.2, 0) is 4.79 Å². The Morgan fingerprint density at radius 2 is 2.38 bits per heavy atom. The molecule has 1 saturated heterocycles. The summed E-state index contributed by atoms with van der Waals surface area (Å²) >= 11 is 0. The van der Waals surface area contributed by atoms with Crippen LogP contribution in [0.5, 0.6) is 0 Å². The van der Waals surface area contributed by atoms with Crippen LogP contribution in [0.15, 0.2) is 0 Å². The second-order valence-electron chi connectivity index (χ2n) is 3.63. The molecule has 0 radical (unpaired) electrons. The van der Waals surface area contributed by atoms with E-state index in [0.29, 0.717) is 5.92 Å². The number of aliphatic hydroxyl groups is 1. The van der Waals surface area contributed by atoms with Crippen molar-refractivity contribution in [2.75, 3.05) is 26.2 Å². The number of carbonyl (C=O) groups is 1. The summed E-state index contributed by atoms with van der Waals surface area (Å²) in [6, 6.07) is -0.398. The molecule has 0 aliphatic carbocycles. The molecule has 2 atom stereocenters. The molecule has 1 fully saturated rings. The van der Waals surface area contributed by atoms with E-state index in [1.54, 1.807) is 4.90 Å². The molecule has 2 unspecified atom stereocenters.